The summed E-state index contributed by atoms with van der Waals surface area (Å²) >= 11 is 5.35. The first-order valence-electron chi connectivity index (χ1n) is 3.28. The van der Waals surface area contributed by atoms with Crippen LogP contribution in [0.1, 0.15) is 10.4 Å². The molecule has 0 aliphatic carbocycles. The summed E-state index contributed by atoms with van der Waals surface area (Å²) in [4.78, 5) is 17.3. The Morgan fingerprint density at radius 1 is 1.57 bits per heavy atom. The molecule has 0 atom stereocenters. The summed E-state index contributed by atoms with van der Waals surface area (Å²) < 4.78 is 22.2. The van der Waals surface area contributed by atoms with Gasteiger partial charge in [-0.3, -0.25) is 0 Å². The van der Waals surface area contributed by atoms with Crippen LogP contribution >= 0.6 is 11.6 Å². The largest absolute Gasteiger partial charge is 0.478 e. The minimum Gasteiger partial charge on any atom is -0.478 e. The van der Waals surface area contributed by atoms with Gasteiger partial charge >= 0.3 is 5.97 Å². The van der Waals surface area contributed by atoms with Gasteiger partial charge in [0.05, 0.1) is 0 Å². The Hall–Kier alpha value is -1.21. The van der Waals surface area contributed by atoms with E-state index in [0.717, 1.165) is 12.5 Å². The molecular formula is C6H5ClN2O4S. The van der Waals surface area contributed by atoms with Crippen LogP contribution in [-0.2, 0) is 9.84 Å². The molecule has 1 heterocycles. The smallest absolute Gasteiger partial charge is 0.340 e. The van der Waals surface area contributed by atoms with Gasteiger partial charge < -0.3 is 5.11 Å². The van der Waals surface area contributed by atoms with Crippen LogP contribution in [0.15, 0.2) is 11.2 Å². The van der Waals surface area contributed by atoms with E-state index in [0.29, 0.717) is 0 Å². The third-order valence-electron chi connectivity index (χ3n) is 1.31. The fraction of sp³-hybridized carbons (Fsp3) is 0.167. The van der Waals surface area contributed by atoms with Crippen molar-refractivity contribution >= 4 is 27.4 Å². The van der Waals surface area contributed by atoms with E-state index in [1.807, 2.05) is 0 Å². The van der Waals surface area contributed by atoms with Gasteiger partial charge in [-0.1, -0.05) is 0 Å². The molecule has 0 amide bonds. The van der Waals surface area contributed by atoms with E-state index in [1.165, 1.54) is 0 Å². The van der Waals surface area contributed by atoms with Gasteiger partial charge in [-0.05, 0) is 11.6 Å². The lowest BCUT2D eigenvalue weighted by atomic mass is 10.3. The molecule has 1 aromatic heterocycles. The van der Waals surface area contributed by atoms with Crippen molar-refractivity contribution in [1.82, 2.24) is 9.97 Å². The summed E-state index contributed by atoms with van der Waals surface area (Å²) in [6.07, 6.45) is 1.70. The number of nitrogens with zero attached hydrogens (tertiary/aromatic N) is 2. The van der Waals surface area contributed by atoms with Gasteiger partial charge in [-0.25, -0.2) is 23.2 Å². The number of rotatable bonds is 2. The third kappa shape index (κ3) is 2.18. The van der Waals surface area contributed by atoms with E-state index < -0.39 is 26.4 Å². The van der Waals surface area contributed by atoms with Gasteiger partial charge in [-0.2, -0.15) is 0 Å². The molecule has 0 radical (unpaired) electrons. The van der Waals surface area contributed by atoms with Crippen molar-refractivity contribution in [2.24, 2.45) is 0 Å². The highest BCUT2D eigenvalue weighted by Crippen LogP contribution is 2.14. The number of carbonyl (C=O) groups is 1. The van der Waals surface area contributed by atoms with Gasteiger partial charge in [0, 0.05) is 12.5 Å². The standard InChI is InChI=1S/C6H5ClN2O4S/c1-14(12,13)4-3(5(10)11)2-8-6(7)9-4/h2H,1H3,(H,10,11). The third-order valence-corrected chi connectivity index (χ3v) is 2.50. The normalized spacial score (nSPS) is 11.3. The van der Waals surface area contributed by atoms with Crippen LogP contribution in [0.4, 0.5) is 0 Å². The number of hydrogen-bond donors (Lipinski definition) is 1. The van der Waals surface area contributed by atoms with Crippen LogP contribution in [0.3, 0.4) is 0 Å². The molecule has 14 heavy (non-hydrogen) atoms. The number of carboxylic acid groups (broad SMARTS) is 1. The van der Waals surface area contributed by atoms with Crippen LogP contribution in [0, 0.1) is 0 Å². The maximum atomic E-state index is 11.1. The molecule has 0 bridgehead atoms. The average molecular weight is 237 g/mol. The van der Waals surface area contributed by atoms with Crippen LogP contribution in [0.2, 0.25) is 5.28 Å². The van der Waals surface area contributed by atoms with Crippen LogP contribution in [0.5, 0.6) is 0 Å². The quantitative estimate of drug-likeness (QED) is 0.583. The second kappa shape index (κ2) is 3.50. The second-order valence-electron chi connectivity index (χ2n) is 2.44. The zero-order valence-corrected chi connectivity index (χ0v) is 8.50. The molecule has 1 rings (SSSR count). The first-order valence-corrected chi connectivity index (χ1v) is 5.55. The minimum atomic E-state index is -3.72. The summed E-state index contributed by atoms with van der Waals surface area (Å²) in [5, 5.41) is 7.74. The Kier molecular flexibility index (Phi) is 2.72. The number of carboxylic acids is 1. The van der Waals surface area contributed by atoms with E-state index in [4.69, 9.17) is 16.7 Å². The molecular weight excluding hydrogens is 232 g/mol. The predicted octanol–water partition coefficient (Wildman–Crippen LogP) is 0.232. The molecule has 0 saturated carbocycles. The van der Waals surface area contributed by atoms with Crippen molar-refractivity contribution in [2.75, 3.05) is 6.26 Å². The monoisotopic (exact) mass is 236 g/mol. The van der Waals surface area contributed by atoms with Crippen molar-refractivity contribution in [1.29, 1.82) is 0 Å². The number of hydrogen-bond acceptors (Lipinski definition) is 5. The summed E-state index contributed by atoms with van der Waals surface area (Å²) in [6, 6.07) is 0. The van der Waals surface area contributed by atoms with E-state index in [9.17, 15) is 13.2 Å². The van der Waals surface area contributed by atoms with Crippen molar-refractivity contribution in [3.63, 3.8) is 0 Å². The van der Waals surface area contributed by atoms with Crippen LogP contribution in [-0.4, -0.2) is 35.7 Å². The van der Waals surface area contributed by atoms with E-state index >= 15 is 0 Å². The summed E-state index contributed by atoms with van der Waals surface area (Å²) in [7, 11) is -3.72. The van der Waals surface area contributed by atoms with Crippen LogP contribution in [0.25, 0.3) is 0 Å². The Bertz CT molecular complexity index is 485. The van der Waals surface area contributed by atoms with Crippen LogP contribution < -0.4 is 0 Å². The highest BCUT2D eigenvalue weighted by Gasteiger charge is 2.21. The summed E-state index contributed by atoms with van der Waals surface area (Å²) in [5.74, 6) is -1.41. The number of halogens is 1. The number of aromatic carboxylic acids is 1. The van der Waals surface area contributed by atoms with Crippen molar-refractivity contribution < 1.29 is 18.3 Å². The summed E-state index contributed by atoms with van der Waals surface area (Å²) in [5.41, 5.74) is -0.489. The molecule has 0 fully saturated rings. The lowest BCUT2D eigenvalue weighted by molar-refractivity contribution is 0.0691. The molecule has 0 unspecified atom stereocenters. The summed E-state index contributed by atoms with van der Waals surface area (Å²) in [6.45, 7) is 0. The highest BCUT2D eigenvalue weighted by atomic mass is 35.5. The topological polar surface area (TPSA) is 97.2 Å². The zero-order chi connectivity index (χ0) is 10.9. The fourth-order valence-corrected chi connectivity index (χ4v) is 1.75. The SMILES string of the molecule is CS(=O)(=O)c1nc(Cl)ncc1C(=O)O. The predicted molar refractivity (Wildman–Crippen MR) is 47.1 cm³/mol. The molecule has 0 aromatic carbocycles. The van der Waals surface area contributed by atoms with Crippen molar-refractivity contribution in [3.05, 3.63) is 17.0 Å². The Morgan fingerprint density at radius 3 is 2.57 bits per heavy atom. The molecule has 0 saturated heterocycles. The lowest BCUT2D eigenvalue weighted by Gasteiger charge is -2.01. The molecule has 0 aliphatic heterocycles. The van der Waals surface area contributed by atoms with Gasteiger partial charge in [-0.15, -0.1) is 0 Å². The number of aromatic nitrogens is 2. The van der Waals surface area contributed by atoms with Gasteiger partial charge in [0.1, 0.15) is 5.56 Å². The van der Waals surface area contributed by atoms with E-state index in [1.54, 1.807) is 0 Å². The Morgan fingerprint density at radius 2 is 2.14 bits per heavy atom. The van der Waals surface area contributed by atoms with Gasteiger partial charge in [0.2, 0.25) is 5.28 Å². The van der Waals surface area contributed by atoms with E-state index in [-0.39, 0.29) is 5.28 Å². The molecule has 0 aliphatic rings. The zero-order valence-electron chi connectivity index (χ0n) is 6.93. The molecule has 1 N–H and O–H groups in total. The second-order valence-corrected chi connectivity index (χ2v) is 4.70. The lowest BCUT2D eigenvalue weighted by Crippen LogP contribution is -2.11. The first kappa shape index (κ1) is 10.9. The maximum absolute atomic E-state index is 11.1. The molecule has 6 nitrogen and oxygen atoms in total. The molecule has 76 valence electrons. The van der Waals surface area contributed by atoms with Gasteiger partial charge in [0.25, 0.3) is 0 Å². The fourth-order valence-electron chi connectivity index (χ4n) is 0.775. The van der Waals surface area contributed by atoms with E-state index in [2.05, 4.69) is 9.97 Å². The van der Waals surface area contributed by atoms with Crippen molar-refractivity contribution in [3.8, 4) is 0 Å². The molecule has 1 aromatic rings. The van der Waals surface area contributed by atoms with Crippen molar-refractivity contribution in [2.45, 2.75) is 5.03 Å². The first-order chi connectivity index (χ1) is 6.32. The Balaban J connectivity index is 3.54. The molecule has 8 heteroatoms. The average Bonchev–Trinajstić information content (AvgIpc) is 2.01. The highest BCUT2D eigenvalue weighted by molar-refractivity contribution is 7.90. The number of sulfone groups is 1. The maximum Gasteiger partial charge on any atom is 0.340 e. The molecule has 0 spiro atoms. The minimum absolute atomic E-state index is 0.310. The Labute approximate surface area is 84.5 Å². The van der Waals surface area contributed by atoms with Gasteiger partial charge in [0.15, 0.2) is 14.9 Å².